The number of benzene rings is 3. The second-order valence-corrected chi connectivity index (χ2v) is 12.6. The fourth-order valence-electron chi connectivity index (χ4n) is 3.96. The van der Waals surface area contributed by atoms with Gasteiger partial charge in [-0.05, 0) is 72.6 Å². The number of thioether (sulfide) groups is 1. The number of nitrogens with one attached hydrogen (secondary N) is 3. The van der Waals surface area contributed by atoms with Crippen molar-refractivity contribution in [1.29, 1.82) is 0 Å². The molecule has 0 aliphatic rings. The molecule has 0 aliphatic heterocycles. The molecule has 7 nitrogen and oxygen atoms in total. The van der Waals surface area contributed by atoms with E-state index < -0.39 is 11.2 Å². The molecule has 0 radical (unpaired) electrons. The molecule has 0 fully saturated rings. The molecule has 43 heavy (non-hydrogen) atoms. The molecular weight excluding hydrogens is 597 g/mol. The van der Waals surface area contributed by atoms with Crippen molar-refractivity contribution >= 4 is 69.1 Å². The van der Waals surface area contributed by atoms with Gasteiger partial charge in [-0.1, -0.05) is 54.1 Å². The van der Waals surface area contributed by atoms with Gasteiger partial charge in [0.2, 0.25) is 5.91 Å². The van der Waals surface area contributed by atoms with Crippen molar-refractivity contribution in [3.63, 3.8) is 0 Å². The highest BCUT2D eigenvalue weighted by Gasteiger charge is 2.18. The molecule has 1 atom stereocenters. The van der Waals surface area contributed by atoms with Gasteiger partial charge >= 0.3 is 0 Å². The molecule has 3 amide bonds. The SMILES string of the molecule is Cc1ccc(-c2csc(NC(=O)C(C)Sc3cccc(NC(=O)/C(=C/c4ccsc4)NC(=O)c4ccccc4)c3)n2)cc1. The molecule has 216 valence electrons. The third kappa shape index (κ3) is 8.29. The van der Waals surface area contributed by atoms with E-state index in [1.165, 1.54) is 40.0 Å². The fraction of sp³-hybridized carbons (Fsp3) is 0.0909. The van der Waals surface area contributed by atoms with E-state index in [9.17, 15) is 14.4 Å². The van der Waals surface area contributed by atoms with Crippen molar-refractivity contribution in [3.8, 4) is 11.3 Å². The van der Waals surface area contributed by atoms with Crippen molar-refractivity contribution in [2.45, 2.75) is 24.0 Å². The Balaban J connectivity index is 1.22. The number of thiophene rings is 1. The summed E-state index contributed by atoms with van der Waals surface area (Å²) in [5, 5.41) is 14.4. The minimum Gasteiger partial charge on any atom is -0.321 e. The van der Waals surface area contributed by atoms with Gasteiger partial charge in [-0.15, -0.1) is 23.1 Å². The third-order valence-corrected chi connectivity index (χ3v) is 8.79. The predicted octanol–water partition coefficient (Wildman–Crippen LogP) is 7.71. The van der Waals surface area contributed by atoms with Gasteiger partial charge in [0, 0.05) is 27.1 Å². The fourth-order valence-corrected chi connectivity index (χ4v) is 6.23. The average molecular weight is 625 g/mol. The molecule has 0 aliphatic carbocycles. The largest absolute Gasteiger partial charge is 0.321 e. The van der Waals surface area contributed by atoms with E-state index >= 15 is 0 Å². The summed E-state index contributed by atoms with van der Waals surface area (Å²) in [5.41, 5.74) is 4.89. The first-order valence-corrected chi connectivity index (χ1v) is 16.1. The van der Waals surface area contributed by atoms with Crippen molar-refractivity contribution in [3.05, 3.63) is 123 Å². The smallest absolute Gasteiger partial charge is 0.272 e. The number of hydrogen-bond acceptors (Lipinski definition) is 7. The van der Waals surface area contributed by atoms with Crippen LogP contribution in [0.2, 0.25) is 0 Å². The molecule has 2 heterocycles. The van der Waals surface area contributed by atoms with Crippen LogP contribution in [0.15, 0.2) is 112 Å². The summed E-state index contributed by atoms with van der Waals surface area (Å²) in [7, 11) is 0. The van der Waals surface area contributed by atoms with E-state index in [0.717, 1.165) is 21.7 Å². The Kier molecular flexibility index (Phi) is 9.83. The van der Waals surface area contributed by atoms with Gasteiger partial charge < -0.3 is 16.0 Å². The Labute approximate surface area is 262 Å². The number of nitrogens with zero attached hydrogens (tertiary/aromatic N) is 1. The monoisotopic (exact) mass is 624 g/mol. The Morgan fingerprint density at radius 3 is 2.44 bits per heavy atom. The third-order valence-electron chi connectivity index (χ3n) is 6.24. The van der Waals surface area contributed by atoms with Crippen molar-refractivity contribution in [1.82, 2.24) is 10.3 Å². The number of carbonyl (C=O) groups is 3. The highest BCUT2D eigenvalue weighted by molar-refractivity contribution is 8.00. The summed E-state index contributed by atoms with van der Waals surface area (Å²) in [5.74, 6) is -1.02. The number of carbonyl (C=O) groups excluding carboxylic acids is 3. The zero-order chi connectivity index (χ0) is 30.2. The summed E-state index contributed by atoms with van der Waals surface area (Å²) in [6.45, 7) is 3.85. The zero-order valence-electron chi connectivity index (χ0n) is 23.4. The molecule has 0 saturated heterocycles. The first-order valence-electron chi connectivity index (χ1n) is 13.4. The molecule has 3 aromatic carbocycles. The van der Waals surface area contributed by atoms with E-state index in [1.807, 2.05) is 78.5 Å². The number of thiazole rings is 1. The Hall–Kier alpha value is -4.51. The molecular formula is C33H28N4O3S3. The lowest BCUT2D eigenvalue weighted by Crippen LogP contribution is -2.30. The van der Waals surface area contributed by atoms with Gasteiger partial charge in [0.15, 0.2) is 5.13 Å². The van der Waals surface area contributed by atoms with Gasteiger partial charge in [-0.25, -0.2) is 4.98 Å². The lowest BCUT2D eigenvalue weighted by molar-refractivity contribution is -0.115. The maximum Gasteiger partial charge on any atom is 0.272 e. The molecule has 10 heteroatoms. The number of rotatable bonds is 10. The molecule has 0 saturated carbocycles. The summed E-state index contributed by atoms with van der Waals surface area (Å²) in [4.78, 5) is 44.4. The lowest BCUT2D eigenvalue weighted by atomic mass is 10.1. The summed E-state index contributed by atoms with van der Waals surface area (Å²) < 4.78 is 0. The van der Waals surface area contributed by atoms with Crippen LogP contribution < -0.4 is 16.0 Å². The van der Waals surface area contributed by atoms with Crippen LogP contribution in [-0.2, 0) is 9.59 Å². The minimum atomic E-state index is -0.462. The van der Waals surface area contributed by atoms with Crippen LogP contribution in [0.3, 0.4) is 0 Å². The topological polar surface area (TPSA) is 100 Å². The number of anilines is 2. The van der Waals surface area contributed by atoms with E-state index in [1.54, 1.807) is 42.5 Å². The van der Waals surface area contributed by atoms with Gasteiger partial charge in [-0.2, -0.15) is 11.3 Å². The molecule has 1 unspecified atom stereocenters. The van der Waals surface area contributed by atoms with Crippen LogP contribution in [0.4, 0.5) is 10.8 Å². The van der Waals surface area contributed by atoms with Gasteiger partial charge in [-0.3, -0.25) is 14.4 Å². The van der Waals surface area contributed by atoms with Crippen LogP contribution >= 0.6 is 34.4 Å². The summed E-state index contributed by atoms with van der Waals surface area (Å²) in [6, 6.07) is 25.9. The van der Waals surface area contributed by atoms with Gasteiger partial charge in [0.05, 0.1) is 10.9 Å². The lowest BCUT2D eigenvalue weighted by Gasteiger charge is -2.13. The Bertz CT molecular complexity index is 1750. The van der Waals surface area contributed by atoms with E-state index in [0.29, 0.717) is 16.4 Å². The zero-order valence-corrected chi connectivity index (χ0v) is 25.8. The highest BCUT2D eigenvalue weighted by atomic mass is 32.2. The summed E-state index contributed by atoms with van der Waals surface area (Å²) in [6.07, 6.45) is 1.64. The van der Waals surface area contributed by atoms with Gasteiger partial charge in [0.25, 0.3) is 11.8 Å². The molecule has 0 spiro atoms. The molecule has 3 N–H and O–H groups in total. The van der Waals surface area contributed by atoms with Crippen molar-refractivity contribution in [2.75, 3.05) is 10.6 Å². The number of hydrogen-bond donors (Lipinski definition) is 3. The highest BCUT2D eigenvalue weighted by Crippen LogP contribution is 2.29. The first kappa shape index (κ1) is 30.0. The average Bonchev–Trinajstić information content (AvgIpc) is 3.70. The number of aryl methyl sites for hydroxylation is 1. The molecule has 2 aromatic heterocycles. The minimum absolute atomic E-state index is 0.117. The molecule has 5 rings (SSSR count). The van der Waals surface area contributed by atoms with E-state index in [-0.39, 0.29) is 17.5 Å². The van der Waals surface area contributed by atoms with E-state index in [2.05, 4.69) is 20.9 Å². The Morgan fingerprint density at radius 1 is 0.907 bits per heavy atom. The van der Waals surface area contributed by atoms with Crippen LogP contribution in [-0.4, -0.2) is 28.0 Å². The maximum absolute atomic E-state index is 13.3. The normalized spacial score (nSPS) is 11.9. The quantitative estimate of drug-likeness (QED) is 0.109. The second-order valence-electron chi connectivity index (χ2n) is 9.57. The number of aromatic nitrogens is 1. The van der Waals surface area contributed by atoms with Crippen LogP contribution in [0, 0.1) is 6.92 Å². The summed E-state index contributed by atoms with van der Waals surface area (Å²) >= 11 is 4.25. The van der Waals surface area contributed by atoms with Crippen molar-refractivity contribution in [2.24, 2.45) is 0 Å². The second kappa shape index (κ2) is 14.1. The first-order chi connectivity index (χ1) is 20.8. The molecule has 0 bridgehead atoms. The standard InChI is InChI=1S/C33H28N4O3S3/c1-21-11-13-24(14-12-21)29-20-42-33(36-29)37-30(38)22(2)43-27-10-6-9-26(18-27)34-32(40)28(17-23-15-16-41-19-23)35-31(39)25-7-4-3-5-8-25/h3-20,22H,1-2H3,(H,34,40)(H,35,39)(H,36,37,38)/b28-17-. The Morgan fingerprint density at radius 2 is 1.70 bits per heavy atom. The van der Waals surface area contributed by atoms with E-state index in [4.69, 9.17) is 0 Å². The van der Waals surface area contributed by atoms with Gasteiger partial charge in [0.1, 0.15) is 5.70 Å². The van der Waals surface area contributed by atoms with Crippen LogP contribution in [0.25, 0.3) is 17.3 Å². The molecule has 5 aromatic rings. The van der Waals surface area contributed by atoms with Crippen LogP contribution in [0.1, 0.15) is 28.4 Å². The van der Waals surface area contributed by atoms with Crippen molar-refractivity contribution < 1.29 is 14.4 Å². The van der Waals surface area contributed by atoms with Crippen LogP contribution in [0.5, 0.6) is 0 Å². The predicted molar refractivity (Wildman–Crippen MR) is 178 cm³/mol. The maximum atomic E-state index is 13.3. The number of amides is 3.